The molecule has 1 rings (SSSR count). The molecule has 0 radical (unpaired) electrons. The molecule has 2 nitrogen and oxygen atoms in total. The Kier molecular flexibility index (Phi) is 2.07. The Morgan fingerprint density at radius 1 is 1.56 bits per heavy atom. The van der Waals surface area contributed by atoms with Gasteiger partial charge in [-0.05, 0) is 25.2 Å². The van der Waals surface area contributed by atoms with Crippen LogP contribution < -0.4 is 0 Å². The van der Waals surface area contributed by atoms with Crippen molar-refractivity contribution in [2.24, 2.45) is 5.92 Å². The minimum Gasteiger partial charge on any atom is -0.393 e. The Morgan fingerprint density at radius 2 is 2.22 bits per heavy atom. The molecule has 0 unspecified atom stereocenters. The Bertz CT molecular complexity index is 121. The summed E-state index contributed by atoms with van der Waals surface area (Å²) in [6, 6.07) is 2.10. The third-order valence-electron chi connectivity index (χ3n) is 1.88. The maximum Gasteiger partial charge on any atom is 0.0621 e. The number of nitriles is 1. The average Bonchev–Trinajstić information content (AvgIpc) is 1.78. The number of hydrogen-bond donors (Lipinski definition) is 1. The van der Waals surface area contributed by atoms with Gasteiger partial charge >= 0.3 is 0 Å². The standard InChI is InChI=1S/C7H11NO/c8-3-1-2-6-4-7(9)5-6/h6-7,9H,1-2,4-5H2. The normalized spacial score (nSPS) is 32.9. The van der Waals surface area contributed by atoms with Crippen LogP contribution >= 0.6 is 0 Å². The van der Waals surface area contributed by atoms with Crippen LogP contribution in [0.1, 0.15) is 25.7 Å². The highest BCUT2D eigenvalue weighted by atomic mass is 16.3. The molecule has 50 valence electrons. The molecule has 1 N–H and O–H groups in total. The van der Waals surface area contributed by atoms with Gasteiger partial charge in [0.1, 0.15) is 0 Å². The predicted molar refractivity (Wildman–Crippen MR) is 33.6 cm³/mol. The fourth-order valence-electron chi connectivity index (χ4n) is 1.20. The van der Waals surface area contributed by atoms with Crippen LogP contribution in [0, 0.1) is 17.2 Å². The van der Waals surface area contributed by atoms with E-state index in [-0.39, 0.29) is 6.10 Å². The van der Waals surface area contributed by atoms with Gasteiger partial charge in [-0.15, -0.1) is 0 Å². The molecular weight excluding hydrogens is 114 g/mol. The third kappa shape index (κ3) is 1.69. The highest BCUT2D eigenvalue weighted by molar-refractivity contribution is 4.81. The van der Waals surface area contributed by atoms with Gasteiger partial charge in [0.2, 0.25) is 0 Å². The molecule has 1 aliphatic carbocycles. The minimum absolute atomic E-state index is 0.0614. The number of nitrogens with zero attached hydrogens (tertiary/aromatic N) is 1. The summed E-state index contributed by atoms with van der Waals surface area (Å²) in [7, 11) is 0. The predicted octanol–water partition coefficient (Wildman–Crippen LogP) is 1.06. The number of rotatable bonds is 2. The number of hydrogen-bond acceptors (Lipinski definition) is 2. The van der Waals surface area contributed by atoms with Crippen molar-refractivity contribution in [3.63, 3.8) is 0 Å². The number of aliphatic hydroxyl groups is 1. The monoisotopic (exact) mass is 125 g/mol. The van der Waals surface area contributed by atoms with Crippen molar-refractivity contribution in [1.82, 2.24) is 0 Å². The van der Waals surface area contributed by atoms with E-state index >= 15 is 0 Å². The first kappa shape index (κ1) is 6.57. The largest absolute Gasteiger partial charge is 0.393 e. The topological polar surface area (TPSA) is 44.0 Å². The van der Waals surface area contributed by atoms with Crippen LogP contribution in [0.2, 0.25) is 0 Å². The molecule has 0 aromatic heterocycles. The van der Waals surface area contributed by atoms with Gasteiger partial charge in [-0.2, -0.15) is 5.26 Å². The van der Waals surface area contributed by atoms with Crippen LogP contribution in [0.4, 0.5) is 0 Å². The Labute approximate surface area is 55.1 Å². The molecule has 0 aromatic rings. The minimum atomic E-state index is -0.0614. The van der Waals surface area contributed by atoms with Gasteiger partial charge < -0.3 is 5.11 Å². The van der Waals surface area contributed by atoms with Crippen molar-refractivity contribution in [2.45, 2.75) is 31.8 Å². The second-order valence-corrected chi connectivity index (χ2v) is 2.69. The van der Waals surface area contributed by atoms with E-state index in [1.54, 1.807) is 0 Å². The SMILES string of the molecule is N#CCCC1CC(O)C1. The molecule has 0 amide bonds. The zero-order chi connectivity index (χ0) is 6.69. The van der Waals surface area contributed by atoms with E-state index in [0.29, 0.717) is 12.3 Å². The Morgan fingerprint density at radius 3 is 2.67 bits per heavy atom. The molecule has 9 heavy (non-hydrogen) atoms. The Hall–Kier alpha value is -0.550. The van der Waals surface area contributed by atoms with Gasteiger partial charge in [-0.1, -0.05) is 0 Å². The van der Waals surface area contributed by atoms with Gasteiger partial charge in [-0.25, -0.2) is 0 Å². The van der Waals surface area contributed by atoms with E-state index in [4.69, 9.17) is 10.4 Å². The summed E-state index contributed by atoms with van der Waals surface area (Å²) in [6.45, 7) is 0. The number of aliphatic hydroxyl groups excluding tert-OH is 1. The summed E-state index contributed by atoms with van der Waals surface area (Å²) in [6.07, 6.45) is 3.41. The van der Waals surface area contributed by atoms with Crippen LogP contribution in [-0.4, -0.2) is 11.2 Å². The quantitative estimate of drug-likeness (QED) is 0.599. The molecule has 1 aliphatic rings. The van der Waals surface area contributed by atoms with Gasteiger partial charge in [-0.3, -0.25) is 0 Å². The van der Waals surface area contributed by atoms with Crippen LogP contribution in [0.15, 0.2) is 0 Å². The van der Waals surface area contributed by atoms with Crippen LogP contribution in [0.25, 0.3) is 0 Å². The molecule has 1 fully saturated rings. The van der Waals surface area contributed by atoms with Crippen molar-refractivity contribution >= 4 is 0 Å². The first-order valence-electron chi connectivity index (χ1n) is 3.38. The lowest BCUT2D eigenvalue weighted by molar-refractivity contribution is 0.0398. The smallest absolute Gasteiger partial charge is 0.0621 e. The van der Waals surface area contributed by atoms with Crippen LogP contribution in [0.3, 0.4) is 0 Å². The zero-order valence-electron chi connectivity index (χ0n) is 5.38. The fourth-order valence-corrected chi connectivity index (χ4v) is 1.20. The van der Waals surface area contributed by atoms with Gasteiger partial charge in [0.15, 0.2) is 0 Å². The second-order valence-electron chi connectivity index (χ2n) is 2.69. The van der Waals surface area contributed by atoms with Crippen molar-refractivity contribution in [3.05, 3.63) is 0 Å². The molecule has 0 spiro atoms. The van der Waals surface area contributed by atoms with E-state index in [1.165, 1.54) is 0 Å². The molecule has 0 aromatic carbocycles. The molecule has 2 heteroatoms. The third-order valence-corrected chi connectivity index (χ3v) is 1.88. The maximum atomic E-state index is 8.83. The second kappa shape index (κ2) is 2.84. The lowest BCUT2D eigenvalue weighted by Gasteiger charge is -2.30. The van der Waals surface area contributed by atoms with Crippen LogP contribution in [0.5, 0.6) is 0 Å². The Balaban J connectivity index is 1.99. The van der Waals surface area contributed by atoms with Crippen molar-refractivity contribution in [2.75, 3.05) is 0 Å². The lowest BCUT2D eigenvalue weighted by Crippen LogP contribution is -2.27. The average molecular weight is 125 g/mol. The molecule has 0 aliphatic heterocycles. The van der Waals surface area contributed by atoms with Crippen molar-refractivity contribution < 1.29 is 5.11 Å². The highest BCUT2D eigenvalue weighted by Crippen LogP contribution is 2.30. The molecule has 0 saturated heterocycles. The summed E-state index contributed by atoms with van der Waals surface area (Å²) >= 11 is 0. The van der Waals surface area contributed by atoms with Crippen LogP contribution in [-0.2, 0) is 0 Å². The molecule has 0 bridgehead atoms. The van der Waals surface area contributed by atoms with Gasteiger partial charge in [0.05, 0.1) is 12.2 Å². The van der Waals surface area contributed by atoms with E-state index in [2.05, 4.69) is 6.07 Å². The molecule has 1 saturated carbocycles. The highest BCUT2D eigenvalue weighted by Gasteiger charge is 2.25. The van der Waals surface area contributed by atoms with Gasteiger partial charge in [0.25, 0.3) is 0 Å². The maximum absolute atomic E-state index is 8.83. The van der Waals surface area contributed by atoms with E-state index in [1.807, 2.05) is 0 Å². The van der Waals surface area contributed by atoms with Crippen molar-refractivity contribution in [3.8, 4) is 6.07 Å². The molecule has 0 heterocycles. The van der Waals surface area contributed by atoms with E-state index < -0.39 is 0 Å². The fraction of sp³-hybridized carbons (Fsp3) is 0.857. The summed E-state index contributed by atoms with van der Waals surface area (Å²) in [5, 5.41) is 17.0. The van der Waals surface area contributed by atoms with Crippen molar-refractivity contribution in [1.29, 1.82) is 5.26 Å². The summed E-state index contributed by atoms with van der Waals surface area (Å²) < 4.78 is 0. The summed E-state index contributed by atoms with van der Waals surface area (Å²) in [5.41, 5.74) is 0. The molecule has 0 atom stereocenters. The zero-order valence-corrected chi connectivity index (χ0v) is 5.38. The van der Waals surface area contributed by atoms with Gasteiger partial charge in [0, 0.05) is 6.42 Å². The lowest BCUT2D eigenvalue weighted by atomic mass is 9.80. The summed E-state index contributed by atoms with van der Waals surface area (Å²) in [4.78, 5) is 0. The summed E-state index contributed by atoms with van der Waals surface area (Å²) in [5.74, 6) is 0.639. The molecular formula is C7H11NO. The first-order chi connectivity index (χ1) is 4.33. The van der Waals surface area contributed by atoms with E-state index in [9.17, 15) is 0 Å². The first-order valence-corrected chi connectivity index (χ1v) is 3.38. The van der Waals surface area contributed by atoms with E-state index in [0.717, 1.165) is 19.3 Å².